The van der Waals surface area contributed by atoms with Gasteiger partial charge in [0.2, 0.25) is 0 Å². The van der Waals surface area contributed by atoms with Crippen molar-refractivity contribution in [2.45, 2.75) is 25.2 Å². The van der Waals surface area contributed by atoms with Crippen LogP contribution in [0.1, 0.15) is 18.9 Å². The van der Waals surface area contributed by atoms with E-state index in [9.17, 15) is 18.3 Å². The molecule has 0 saturated carbocycles. The normalized spacial score (nSPS) is 11.9. The molecular formula is C11H11ClKNO5S. The van der Waals surface area contributed by atoms with Crippen LogP contribution in [-0.4, -0.2) is 24.7 Å². The average Bonchev–Trinajstić information content (AvgIpc) is 2.20. The summed E-state index contributed by atoms with van der Waals surface area (Å²) in [5.74, 6) is -1.01. The fourth-order valence-corrected chi connectivity index (χ4v) is 2.34. The third-order valence-corrected chi connectivity index (χ3v) is 3.28. The van der Waals surface area contributed by atoms with Crippen molar-refractivity contribution >= 4 is 39.1 Å². The predicted octanol–water partition coefficient (Wildman–Crippen LogP) is -1.73. The zero-order valence-corrected chi connectivity index (χ0v) is 15.9. The van der Waals surface area contributed by atoms with Crippen molar-refractivity contribution in [3.05, 3.63) is 22.7 Å². The summed E-state index contributed by atoms with van der Waals surface area (Å²) in [6, 6.07) is 2.13. The van der Waals surface area contributed by atoms with E-state index in [0.717, 1.165) is 12.1 Å². The second-order valence-corrected chi connectivity index (χ2v) is 5.76. The Morgan fingerprint density at radius 2 is 2.00 bits per heavy atom. The first-order chi connectivity index (χ1) is 8.61. The number of benzene rings is 1. The van der Waals surface area contributed by atoms with Gasteiger partial charge in [0.05, 0.1) is 15.6 Å². The maximum Gasteiger partial charge on any atom is 1.00 e. The van der Waals surface area contributed by atoms with Crippen LogP contribution >= 0.6 is 11.6 Å². The van der Waals surface area contributed by atoms with Crippen LogP contribution in [0.25, 0.3) is 0 Å². The number of hydrogen-bond acceptors (Lipinski definition) is 5. The Bertz CT molecular complexity index is 634. The number of nitrogens with zero attached hydrogens (tertiary/aromatic N) is 1. The average molecular weight is 344 g/mol. The monoisotopic (exact) mass is 343 g/mol. The number of aryl methyl sites for hydroxylation is 1. The van der Waals surface area contributed by atoms with Crippen LogP contribution in [0.3, 0.4) is 0 Å². The van der Waals surface area contributed by atoms with E-state index >= 15 is 0 Å². The molecule has 0 fully saturated rings. The van der Waals surface area contributed by atoms with Crippen molar-refractivity contribution in [3.63, 3.8) is 0 Å². The van der Waals surface area contributed by atoms with Crippen molar-refractivity contribution in [2.75, 3.05) is 0 Å². The van der Waals surface area contributed by atoms with Crippen molar-refractivity contribution < 1.29 is 74.3 Å². The first-order valence-corrected chi connectivity index (χ1v) is 6.94. The Hall–Kier alpha value is 0.196. The minimum absolute atomic E-state index is 0. The molecule has 0 aromatic heterocycles. The van der Waals surface area contributed by atoms with E-state index < -0.39 is 16.0 Å². The molecule has 20 heavy (non-hydrogen) atoms. The molecule has 0 aliphatic heterocycles. The second kappa shape index (κ2) is 7.99. The zero-order chi connectivity index (χ0) is 14.8. The topological polar surface area (TPSA) is 107 Å². The first-order valence-electron chi connectivity index (χ1n) is 5.13. The van der Waals surface area contributed by atoms with Crippen LogP contribution in [0.15, 0.2) is 22.0 Å². The van der Waals surface area contributed by atoms with Gasteiger partial charge in [0, 0.05) is 6.42 Å². The largest absolute Gasteiger partial charge is 1.00 e. The molecule has 0 aliphatic rings. The molecular weight excluding hydrogens is 333 g/mol. The smallest absolute Gasteiger partial charge is 0.861 e. The third-order valence-electron chi connectivity index (χ3n) is 2.16. The van der Waals surface area contributed by atoms with Crippen LogP contribution in [0.4, 0.5) is 5.69 Å². The Balaban J connectivity index is 0.00000361. The van der Waals surface area contributed by atoms with Gasteiger partial charge in [-0.25, -0.2) is 0 Å². The molecule has 0 radical (unpaired) electrons. The quantitative estimate of drug-likeness (QED) is 0.302. The summed E-state index contributed by atoms with van der Waals surface area (Å²) in [7, 11) is -4.38. The summed E-state index contributed by atoms with van der Waals surface area (Å²) >= 11 is 5.81. The summed E-state index contributed by atoms with van der Waals surface area (Å²) in [6.45, 7) is 2.74. The van der Waals surface area contributed by atoms with Gasteiger partial charge < -0.3 is 5.11 Å². The SMILES string of the molecule is CC(=O)CC([O-])=Nc1c(C)cc(S(=O)(=O)O)cc1Cl.[K+]. The van der Waals surface area contributed by atoms with Gasteiger partial charge in [-0.3, -0.25) is 14.3 Å². The summed E-state index contributed by atoms with van der Waals surface area (Å²) in [5, 5.41) is 11.3. The molecule has 0 spiro atoms. The number of aliphatic imine (C=N–C) groups is 1. The number of Topliss-reactive ketones (excluding diaryl/α,β-unsaturated/α-hetero) is 1. The van der Waals surface area contributed by atoms with Crippen LogP contribution < -0.4 is 56.5 Å². The van der Waals surface area contributed by atoms with E-state index in [1.165, 1.54) is 13.8 Å². The first kappa shape index (κ1) is 20.2. The molecule has 1 rings (SSSR count). The van der Waals surface area contributed by atoms with Gasteiger partial charge in [-0.2, -0.15) is 8.42 Å². The maximum absolute atomic E-state index is 11.4. The van der Waals surface area contributed by atoms with Crippen molar-refractivity contribution in [3.8, 4) is 0 Å². The summed E-state index contributed by atoms with van der Waals surface area (Å²) < 4.78 is 30.8. The molecule has 9 heteroatoms. The minimum Gasteiger partial charge on any atom is -0.861 e. The molecule has 0 saturated heterocycles. The van der Waals surface area contributed by atoms with Gasteiger partial charge in [-0.15, -0.1) is 0 Å². The maximum atomic E-state index is 11.4. The van der Waals surface area contributed by atoms with E-state index in [1.54, 1.807) is 0 Å². The molecule has 6 nitrogen and oxygen atoms in total. The molecule has 0 heterocycles. The summed E-state index contributed by atoms with van der Waals surface area (Å²) in [5.41, 5.74) is 0.386. The number of halogens is 1. The van der Waals surface area contributed by atoms with E-state index in [1.807, 2.05) is 0 Å². The molecule has 0 unspecified atom stereocenters. The predicted molar refractivity (Wildman–Crippen MR) is 68.4 cm³/mol. The van der Waals surface area contributed by atoms with Gasteiger partial charge in [0.1, 0.15) is 5.78 Å². The molecule has 0 atom stereocenters. The van der Waals surface area contributed by atoms with Gasteiger partial charge >= 0.3 is 51.4 Å². The minimum atomic E-state index is -4.38. The fourth-order valence-electron chi connectivity index (χ4n) is 1.37. The molecule has 1 N–H and O–H groups in total. The zero-order valence-electron chi connectivity index (χ0n) is 11.2. The summed E-state index contributed by atoms with van der Waals surface area (Å²) in [6.07, 6.45) is -0.351. The van der Waals surface area contributed by atoms with Crippen molar-refractivity contribution in [1.82, 2.24) is 0 Å². The fraction of sp³-hybridized carbons (Fsp3) is 0.273. The molecule has 104 valence electrons. The Kier molecular flexibility index (Phi) is 8.07. The molecule has 1 aromatic rings. The van der Waals surface area contributed by atoms with Crippen LogP contribution in [0.2, 0.25) is 5.02 Å². The number of carbonyl (C=O) groups excluding carboxylic acids is 1. The Morgan fingerprint density at radius 1 is 1.45 bits per heavy atom. The molecule has 0 bridgehead atoms. The number of carbonyl (C=O) groups is 1. The van der Waals surface area contributed by atoms with E-state index in [2.05, 4.69) is 4.99 Å². The van der Waals surface area contributed by atoms with Crippen molar-refractivity contribution in [1.29, 1.82) is 0 Å². The number of hydrogen-bond donors (Lipinski definition) is 1. The standard InChI is InChI=1S/C11H12ClNO5S.K/c1-6-3-8(19(16,17)18)5-9(12)11(6)13-10(15)4-7(2)14;/h3,5H,4H2,1-2H3,(H,13,15)(H,16,17,18);/q;+1/p-1. The number of ketones is 1. The van der Waals surface area contributed by atoms with Crippen LogP contribution in [-0.2, 0) is 14.9 Å². The number of rotatable bonds is 4. The van der Waals surface area contributed by atoms with Gasteiger partial charge in [0.15, 0.2) is 0 Å². The van der Waals surface area contributed by atoms with E-state index in [-0.39, 0.29) is 79.2 Å². The van der Waals surface area contributed by atoms with Gasteiger partial charge in [-0.1, -0.05) is 11.6 Å². The Morgan fingerprint density at radius 3 is 2.40 bits per heavy atom. The van der Waals surface area contributed by atoms with E-state index in [4.69, 9.17) is 16.2 Å². The van der Waals surface area contributed by atoms with Crippen LogP contribution in [0, 0.1) is 6.92 Å². The third kappa shape index (κ3) is 5.90. The van der Waals surface area contributed by atoms with Crippen LogP contribution in [0.5, 0.6) is 0 Å². The molecule has 1 aromatic carbocycles. The van der Waals surface area contributed by atoms with Crippen molar-refractivity contribution in [2.24, 2.45) is 4.99 Å². The molecule has 0 aliphatic carbocycles. The second-order valence-electron chi connectivity index (χ2n) is 3.93. The van der Waals surface area contributed by atoms with E-state index in [0.29, 0.717) is 5.56 Å². The van der Waals surface area contributed by atoms with Gasteiger partial charge in [0.25, 0.3) is 10.1 Å². The molecule has 0 amide bonds. The van der Waals surface area contributed by atoms with Gasteiger partial charge in [-0.05, 0) is 37.4 Å². The Labute approximate surface area is 164 Å². The summed E-state index contributed by atoms with van der Waals surface area (Å²) in [4.78, 5) is 14.0.